The lowest BCUT2D eigenvalue weighted by atomic mass is 10.0. The zero-order valence-corrected chi connectivity index (χ0v) is 40.3. The summed E-state index contributed by atoms with van der Waals surface area (Å²) in [5.74, 6) is -0.875. The van der Waals surface area contributed by atoms with Crippen molar-refractivity contribution in [1.29, 1.82) is 0 Å². The number of hydrogen-bond acceptors (Lipinski definition) is 6. The molecule has 0 aromatic carbocycles. The molecule has 1 atom stereocenters. The van der Waals surface area contributed by atoms with Gasteiger partial charge >= 0.3 is 19.8 Å². The molecule has 0 aliphatic heterocycles. The summed E-state index contributed by atoms with van der Waals surface area (Å²) < 4.78 is 26.5. The van der Waals surface area contributed by atoms with Crippen molar-refractivity contribution in [3.8, 4) is 0 Å². The molecule has 2 N–H and O–H groups in total. The van der Waals surface area contributed by atoms with Crippen molar-refractivity contribution >= 4 is 19.8 Å². The first-order valence-corrected chi connectivity index (χ1v) is 27.2. The number of allylic oxidation sites excluding steroid dienone is 4. The Labute approximate surface area is 370 Å². The van der Waals surface area contributed by atoms with E-state index in [1.807, 2.05) is 0 Å². The van der Waals surface area contributed by atoms with Gasteiger partial charge in [0.2, 0.25) is 0 Å². The Morgan fingerprint density at radius 1 is 0.417 bits per heavy atom. The SMILES string of the molecule is CCCCCCCC/C=C\CCCCCCCCCCCC(=O)OCC(COP(=O)(O)O)OC(=O)CCCCCCCCCCCCC/C=C\CCCCCCCCCC. The Kier molecular flexibility index (Phi) is 45.9. The number of hydrogen-bond donors (Lipinski definition) is 2. The molecule has 0 aromatic rings. The van der Waals surface area contributed by atoms with Crippen molar-refractivity contribution in [2.45, 2.75) is 277 Å². The van der Waals surface area contributed by atoms with Gasteiger partial charge in [-0.3, -0.25) is 14.1 Å². The Hall–Kier alpha value is -1.47. The molecule has 0 aliphatic carbocycles. The number of carbonyl (C=O) groups is 2. The molecule has 0 rings (SSSR count). The minimum Gasteiger partial charge on any atom is -0.462 e. The third-order valence-electron chi connectivity index (χ3n) is 11.4. The number of carbonyl (C=O) groups excluding carboxylic acids is 2. The predicted octanol–water partition coefficient (Wildman–Crippen LogP) is 16.3. The predicted molar refractivity (Wildman–Crippen MR) is 253 cm³/mol. The third-order valence-corrected chi connectivity index (χ3v) is 11.9. The van der Waals surface area contributed by atoms with Gasteiger partial charge in [-0.25, -0.2) is 4.57 Å². The van der Waals surface area contributed by atoms with Crippen LogP contribution in [0, 0.1) is 0 Å². The van der Waals surface area contributed by atoms with Crippen molar-refractivity contribution in [2.24, 2.45) is 0 Å². The highest BCUT2D eigenvalue weighted by Crippen LogP contribution is 2.36. The Morgan fingerprint density at radius 3 is 1.02 bits per heavy atom. The van der Waals surface area contributed by atoms with Crippen molar-refractivity contribution < 1.29 is 37.9 Å². The molecule has 0 saturated carbocycles. The van der Waals surface area contributed by atoms with Crippen LogP contribution >= 0.6 is 7.82 Å². The van der Waals surface area contributed by atoms with Gasteiger partial charge < -0.3 is 19.3 Å². The Bertz CT molecular complexity index is 1020. The third kappa shape index (κ3) is 49.2. The van der Waals surface area contributed by atoms with Crippen molar-refractivity contribution in [3.63, 3.8) is 0 Å². The van der Waals surface area contributed by atoms with Gasteiger partial charge in [0.05, 0.1) is 6.61 Å². The van der Waals surface area contributed by atoms with Crippen molar-refractivity contribution in [2.75, 3.05) is 13.2 Å². The highest BCUT2D eigenvalue weighted by Gasteiger charge is 2.23. The van der Waals surface area contributed by atoms with E-state index in [0.717, 1.165) is 38.5 Å². The zero-order valence-electron chi connectivity index (χ0n) is 39.4. The average molecular weight is 869 g/mol. The Balaban J connectivity index is 3.79. The fraction of sp³-hybridized carbons (Fsp3) is 0.882. The van der Waals surface area contributed by atoms with Gasteiger partial charge in [0.15, 0.2) is 6.10 Å². The van der Waals surface area contributed by atoms with E-state index in [2.05, 4.69) is 42.7 Å². The molecule has 1 unspecified atom stereocenters. The quantitative estimate of drug-likeness (QED) is 0.0269. The molecule has 0 amide bonds. The highest BCUT2D eigenvalue weighted by atomic mass is 31.2. The maximum atomic E-state index is 12.5. The van der Waals surface area contributed by atoms with Crippen molar-refractivity contribution in [1.82, 2.24) is 0 Å². The summed E-state index contributed by atoms with van der Waals surface area (Å²) in [5, 5.41) is 0. The molecule has 0 bridgehead atoms. The fourth-order valence-electron chi connectivity index (χ4n) is 7.60. The van der Waals surface area contributed by atoms with Crippen LogP contribution in [-0.4, -0.2) is 41.0 Å². The summed E-state index contributed by atoms with van der Waals surface area (Å²) in [6.07, 6.45) is 56.2. The van der Waals surface area contributed by atoms with E-state index >= 15 is 0 Å². The van der Waals surface area contributed by atoms with Crippen LogP contribution in [0.15, 0.2) is 24.3 Å². The number of rotatable bonds is 48. The lowest BCUT2D eigenvalue weighted by Gasteiger charge is -2.18. The summed E-state index contributed by atoms with van der Waals surface area (Å²) in [5.41, 5.74) is 0. The first-order valence-electron chi connectivity index (χ1n) is 25.6. The second-order valence-corrected chi connectivity index (χ2v) is 18.7. The van der Waals surface area contributed by atoms with E-state index in [0.29, 0.717) is 6.42 Å². The minimum absolute atomic E-state index is 0.214. The van der Waals surface area contributed by atoms with E-state index in [-0.39, 0.29) is 19.4 Å². The number of phosphoric ester groups is 1. The molecule has 9 heteroatoms. The van der Waals surface area contributed by atoms with E-state index in [4.69, 9.17) is 19.3 Å². The van der Waals surface area contributed by atoms with Gasteiger partial charge in [0.25, 0.3) is 0 Å². The minimum atomic E-state index is -4.76. The summed E-state index contributed by atoms with van der Waals surface area (Å²) in [6.45, 7) is 3.72. The van der Waals surface area contributed by atoms with Crippen LogP contribution in [0.3, 0.4) is 0 Å². The van der Waals surface area contributed by atoms with Crippen LogP contribution in [0.25, 0.3) is 0 Å². The lowest BCUT2D eigenvalue weighted by Crippen LogP contribution is -2.29. The number of ether oxygens (including phenoxy) is 2. The first kappa shape index (κ1) is 58.5. The molecule has 60 heavy (non-hydrogen) atoms. The van der Waals surface area contributed by atoms with E-state index in [1.54, 1.807) is 0 Å². The molecule has 354 valence electrons. The molecule has 8 nitrogen and oxygen atoms in total. The Morgan fingerprint density at radius 2 is 0.700 bits per heavy atom. The largest absolute Gasteiger partial charge is 0.469 e. The smallest absolute Gasteiger partial charge is 0.462 e. The molecule has 0 aliphatic rings. The molecular formula is C51H97O8P. The molecule has 0 radical (unpaired) electrons. The maximum absolute atomic E-state index is 12.5. The molecule has 0 saturated heterocycles. The van der Waals surface area contributed by atoms with Crippen molar-refractivity contribution in [3.05, 3.63) is 24.3 Å². The van der Waals surface area contributed by atoms with Crippen LogP contribution in [-0.2, 0) is 28.2 Å². The van der Waals surface area contributed by atoms with Gasteiger partial charge in [-0.1, -0.05) is 218 Å². The van der Waals surface area contributed by atoms with Crippen LogP contribution in [0.1, 0.15) is 271 Å². The van der Waals surface area contributed by atoms with Crippen LogP contribution in [0.4, 0.5) is 0 Å². The molecule has 0 fully saturated rings. The fourth-order valence-corrected chi connectivity index (χ4v) is 7.96. The number of unbranched alkanes of at least 4 members (excludes halogenated alkanes) is 34. The molecule has 0 aromatic heterocycles. The van der Waals surface area contributed by atoms with Gasteiger partial charge in [-0.2, -0.15) is 0 Å². The van der Waals surface area contributed by atoms with Crippen LogP contribution < -0.4 is 0 Å². The summed E-state index contributed by atoms with van der Waals surface area (Å²) in [4.78, 5) is 43.1. The standard InChI is InChI=1S/C51H97O8P/c1-3-5-7-9-11-13-15-17-19-21-23-24-25-26-28-30-32-34-36-38-40-42-44-46-51(53)59-49(48-58-60(54,55)56)47-57-50(52)45-43-41-39-37-35-33-31-29-27-22-20-18-16-14-12-10-8-6-4-2/h18,20-21,23,49H,3-17,19,22,24-48H2,1-2H3,(H2,54,55,56)/b20-18-,23-21-. The lowest BCUT2D eigenvalue weighted by molar-refractivity contribution is -0.161. The van der Waals surface area contributed by atoms with Gasteiger partial charge in [0, 0.05) is 12.8 Å². The van der Waals surface area contributed by atoms with Gasteiger partial charge in [0.1, 0.15) is 6.61 Å². The summed E-state index contributed by atoms with van der Waals surface area (Å²) in [7, 11) is -4.76. The number of phosphoric acid groups is 1. The second kappa shape index (κ2) is 47.0. The molecule has 0 spiro atoms. The highest BCUT2D eigenvalue weighted by molar-refractivity contribution is 7.46. The van der Waals surface area contributed by atoms with Gasteiger partial charge in [-0.15, -0.1) is 0 Å². The number of esters is 2. The van der Waals surface area contributed by atoms with E-state index < -0.39 is 32.5 Å². The monoisotopic (exact) mass is 869 g/mol. The maximum Gasteiger partial charge on any atom is 0.469 e. The van der Waals surface area contributed by atoms with E-state index in [9.17, 15) is 14.2 Å². The van der Waals surface area contributed by atoms with Gasteiger partial charge in [-0.05, 0) is 64.2 Å². The summed E-state index contributed by atoms with van der Waals surface area (Å²) >= 11 is 0. The second-order valence-electron chi connectivity index (χ2n) is 17.5. The van der Waals surface area contributed by atoms with E-state index in [1.165, 1.54) is 199 Å². The van der Waals surface area contributed by atoms with Crippen LogP contribution in [0.2, 0.25) is 0 Å². The zero-order chi connectivity index (χ0) is 43.9. The average Bonchev–Trinajstić information content (AvgIpc) is 3.22. The molecular weight excluding hydrogens is 772 g/mol. The van der Waals surface area contributed by atoms with Crippen LogP contribution in [0.5, 0.6) is 0 Å². The first-order chi connectivity index (χ1) is 29.3. The normalized spacial score (nSPS) is 12.5. The summed E-state index contributed by atoms with van der Waals surface area (Å²) in [6, 6.07) is 0. The molecule has 0 heterocycles. The topological polar surface area (TPSA) is 119 Å².